The number of nitrogens with zero attached hydrogens (tertiary/aromatic N) is 2. The highest BCUT2D eigenvalue weighted by Crippen LogP contribution is 2.30. The van der Waals surface area contributed by atoms with Gasteiger partial charge >= 0.3 is 6.18 Å². The number of hydrogen-bond donors (Lipinski definition) is 1. The number of halogens is 3. The zero-order valence-corrected chi connectivity index (χ0v) is 14.4. The minimum Gasteiger partial charge on any atom is -0.455 e. The molecule has 0 fully saturated rings. The van der Waals surface area contributed by atoms with E-state index in [4.69, 9.17) is 4.42 Å². The first-order valence-electron chi connectivity index (χ1n) is 7.50. The second-order valence-electron chi connectivity index (χ2n) is 5.41. The molecule has 0 atom stereocenters. The number of hydrogen-bond acceptors (Lipinski definition) is 4. The van der Waals surface area contributed by atoms with E-state index in [9.17, 15) is 18.0 Å². The normalized spacial score (nSPS) is 11.5. The molecule has 1 amide bonds. The molecule has 5 nitrogen and oxygen atoms in total. The van der Waals surface area contributed by atoms with Crippen molar-refractivity contribution in [2.45, 2.75) is 17.1 Å². The number of anilines is 1. The van der Waals surface area contributed by atoms with Crippen molar-refractivity contribution in [1.29, 1.82) is 0 Å². The third kappa shape index (κ3) is 4.29. The molecule has 2 heterocycles. The predicted octanol–water partition coefficient (Wildman–Crippen LogP) is 4.58. The van der Waals surface area contributed by atoms with Gasteiger partial charge in [0.2, 0.25) is 0 Å². The van der Waals surface area contributed by atoms with Crippen molar-refractivity contribution in [2.75, 3.05) is 5.32 Å². The number of aromatic nitrogens is 2. The summed E-state index contributed by atoms with van der Waals surface area (Å²) >= 11 is 1.44. The Hall–Kier alpha value is -2.68. The molecule has 0 saturated carbocycles. The fourth-order valence-electron chi connectivity index (χ4n) is 2.17. The maximum atomic E-state index is 12.7. The van der Waals surface area contributed by atoms with Crippen LogP contribution in [0.4, 0.5) is 18.9 Å². The van der Waals surface area contributed by atoms with Gasteiger partial charge in [0.25, 0.3) is 5.91 Å². The largest absolute Gasteiger partial charge is 0.455 e. The van der Waals surface area contributed by atoms with E-state index in [0.717, 1.165) is 17.3 Å². The van der Waals surface area contributed by atoms with Crippen LogP contribution in [0.5, 0.6) is 0 Å². The molecule has 1 N–H and O–H groups in total. The van der Waals surface area contributed by atoms with Gasteiger partial charge in [0.05, 0.1) is 11.3 Å². The standard InChI is InChI=1S/C17H14F3N3O2S/c1-23-8-7-21-16(23)26-10-13-5-6-14(25-13)15(24)22-12-4-2-3-11(9-12)17(18,19)20/h2-9H,10H2,1H3,(H,22,24). The Morgan fingerprint density at radius 3 is 2.81 bits per heavy atom. The molecule has 2 aromatic heterocycles. The molecule has 9 heteroatoms. The first kappa shape index (κ1) is 18.1. The Morgan fingerprint density at radius 2 is 2.12 bits per heavy atom. The van der Waals surface area contributed by atoms with Gasteiger partial charge in [-0.2, -0.15) is 13.2 Å². The summed E-state index contributed by atoms with van der Waals surface area (Å²) in [5.74, 6) is 0.449. The summed E-state index contributed by atoms with van der Waals surface area (Å²) in [6.45, 7) is 0. The molecule has 0 radical (unpaired) electrons. The number of rotatable bonds is 5. The number of carbonyl (C=O) groups excluding carboxylic acids is 1. The summed E-state index contributed by atoms with van der Waals surface area (Å²) in [4.78, 5) is 16.3. The predicted molar refractivity (Wildman–Crippen MR) is 90.9 cm³/mol. The smallest absolute Gasteiger partial charge is 0.416 e. The lowest BCUT2D eigenvalue weighted by Gasteiger charge is -2.09. The summed E-state index contributed by atoms with van der Waals surface area (Å²) in [5, 5.41) is 3.21. The van der Waals surface area contributed by atoms with E-state index in [1.165, 1.54) is 30.0 Å². The van der Waals surface area contributed by atoms with E-state index < -0.39 is 17.6 Å². The third-order valence-corrected chi connectivity index (χ3v) is 4.53. The van der Waals surface area contributed by atoms with Crippen LogP contribution in [0.3, 0.4) is 0 Å². The van der Waals surface area contributed by atoms with E-state index in [1.807, 2.05) is 17.8 Å². The molecule has 0 aliphatic heterocycles. The van der Waals surface area contributed by atoms with Crippen LogP contribution in [-0.2, 0) is 19.0 Å². The molecule has 3 aromatic rings. The number of benzene rings is 1. The maximum absolute atomic E-state index is 12.7. The number of imidazole rings is 1. The summed E-state index contributed by atoms with van der Waals surface area (Å²) in [6.07, 6.45) is -0.975. The highest BCUT2D eigenvalue weighted by atomic mass is 32.2. The minimum atomic E-state index is -4.47. The SMILES string of the molecule is Cn1ccnc1SCc1ccc(C(=O)Nc2cccc(C(F)(F)F)c2)o1. The first-order chi connectivity index (χ1) is 12.3. The minimum absolute atomic E-state index is 0.0258. The number of amides is 1. The topological polar surface area (TPSA) is 60.1 Å². The van der Waals surface area contributed by atoms with Gasteiger partial charge < -0.3 is 14.3 Å². The number of thioether (sulfide) groups is 1. The third-order valence-electron chi connectivity index (χ3n) is 3.45. The van der Waals surface area contributed by atoms with Crippen LogP contribution in [0.2, 0.25) is 0 Å². The molecule has 0 aliphatic carbocycles. The van der Waals surface area contributed by atoms with Crippen LogP contribution in [-0.4, -0.2) is 15.5 Å². The van der Waals surface area contributed by atoms with Crippen LogP contribution in [0, 0.1) is 0 Å². The fraction of sp³-hybridized carbons (Fsp3) is 0.176. The highest BCUT2D eigenvalue weighted by molar-refractivity contribution is 7.98. The quantitative estimate of drug-likeness (QED) is 0.658. The van der Waals surface area contributed by atoms with Crippen molar-refractivity contribution in [2.24, 2.45) is 7.05 Å². The van der Waals surface area contributed by atoms with Gasteiger partial charge in [-0.1, -0.05) is 17.8 Å². The average Bonchev–Trinajstić information content (AvgIpc) is 3.21. The molecule has 0 aliphatic rings. The molecule has 3 rings (SSSR count). The molecule has 0 unspecified atom stereocenters. The van der Waals surface area contributed by atoms with E-state index in [2.05, 4.69) is 10.3 Å². The molecular weight excluding hydrogens is 367 g/mol. The summed E-state index contributed by atoms with van der Waals surface area (Å²) in [5.41, 5.74) is -0.785. The lowest BCUT2D eigenvalue weighted by atomic mass is 10.2. The van der Waals surface area contributed by atoms with Crippen molar-refractivity contribution in [1.82, 2.24) is 9.55 Å². The molecule has 0 bridgehead atoms. The molecule has 136 valence electrons. The second kappa shape index (κ2) is 7.28. The Bertz CT molecular complexity index is 918. The first-order valence-corrected chi connectivity index (χ1v) is 8.49. The van der Waals surface area contributed by atoms with Gasteiger partial charge in [-0.15, -0.1) is 0 Å². The molecule has 0 saturated heterocycles. The van der Waals surface area contributed by atoms with E-state index in [1.54, 1.807) is 12.3 Å². The Balaban J connectivity index is 1.64. The molecular formula is C17H14F3N3O2S. The fourth-order valence-corrected chi connectivity index (χ4v) is 3.00. The Labute approximate surface area is 151 Å². The number of carbonyl (C=O) groups is 1. The molecule has 0 spiro atoms. The monoisotopic (exact) mass is 381 g/mol. The Kier molecular flexibility index (Phi) is 5.08. The van der Waals surface area contributed by atoms with Gasteiger partial charge in [0, 0.05) is 25.1 Å². The van der Waals surface area contributed by atoms with Crippen molar-refractivity contribution in [3.8, 4) is 0 Å². The van der Waals surface area contributed by atoms with E-state index >= 15 is 0 Å². The van der Waals surface area contributed by atoms with Gasteiger partial charge in [0.1, 0.15) is 5.76 Å². The summed E-state index contributed by atoms with van der Waals surface area (Å²) in [6, 6.07) is 7.56. The van der Waals surface area contributed by atoms with E-state index in [-0.39, 0.29) is 11.4 Å². The number of aryl methyl sites for hydroxylation is 1. The van der Waals surface area contributed by atoms with Crippen LogP contribution in [0.25, 0.3) is 0 Å². The lowest BCUT2D eigenvalue weighted by Crippen LogP contribution is -2.12. The van der Waals surface area contributed by atoms with Crippen molar-refractivity contribution >= 4 is 23.4 Å². The van der Waals surface area contributed by atoms with Crippen molar-refractivity contribution in [3.63, 3.8) is 0 Å². The zero-order valence-electron chi connectivity index (χ0n) is 13.6. The van der Waals surface area contributed by atoms with Gasteiger partial charge in [-0.05, 0) is 30.3 Å². The van der Waals surface area contributed by atoms with Crippen LogP contribution >= 0.6 is 11.8 Å². The summed E-state index contributed by atoms with van der Waals surface area (Å²) < 4.78 is 45.5. The number of nitrogens with one attached hydrogen (secondary N) is 1. The van der Waals surface area contributed by atoms with Crippen LogP contribution in [0.1, 0.15) is 21.9 Å². The van der Waals surface area contributed by atoms with Gasteiger partial charge in [-0.25, -0.2) is 4.98 Å². The number of alkyl halides is 3. The van der Waals surface area contributed by atoms with Crippen molar-refractivity contribution < 1.29 is 22.4 Å². The van der Waals surface area contributed by atoms with Crippen molar-refractivity contribution in [3.05, 3.63) is 65.9 Å². The molecule has 26 heavy (non-hydrogen) atoms. The highest BCUT2D eigenvalue weighted by Gasteiger charge is 2.30. The maximum Gasteiger partial charge on any atom is 0.416 e. The van der Waals surface area contributed by atoms with Crippen LogP contribution in [0.15, 0.2) is 58.4 Å². The van der Waals surface area contributed by atoms with Crippen LogP contribution < -0.4 is 5.32 Å². The molecule has 1 aromatic carbocycles. The summed E-state index contributed by atoms with van der Waals surface area (Å²) in [7, 11) is 1.87. The number of furan rings is 1. The average molecular weight is 381 g/mol. The second-order valence-corrected chi connectivity index (χ2v) is 6.35. The zero-order chi connectivity index (χ0) is 18.7. The lowest BCUT2D eigenvalue weighted by molar-refractivity contribution is -0.137. The Morgan fingerprint density at radius 1 is 1.31 bits per heavy atom. The van der Waals surface area contributed by atoms with Gasteiger partial charge in [-0.3, -0.25) is 4.79 Å². The van der Waals surface area contributed by atoms with Gasteiger partial charge in [0.15, 0.2) is 10.9 Å². The van der Waals surface area contributed by atoms with E-state index in [0.29, 0.717) is 11.5 Å².